The molecular weight excluding hydrogens is 330 g/mol. The van der Waals surface area contributed by atoms with Gasteiger partial charge in [0.2, 0.25) is 0 Å². The molecule has 0 aliphatic carbocycles. The van der Waals surface area contributed by atoms with Crippen molar-refractivity contribution in [1.29, 1.82) is 5.41 Å². The lowest BCUT2D eigenvalue weighted by Gasteiger charge is -2.25. The fraction of sp³-hybridized carbons (Fsp3) is 0.294. The Hall–Kier alpha value is -1.85. The minimum atomic E-state index is 0.220. The van der Waals surface area contributed by atoms with E-state index in [0.29, 0.717) is 28.0 Å². The molecule has 4 nitrogen and oxygen atoms in total. The molecule has 23 heavy (non-hydrogen) atoms. The molecule has 3 rings (SSSR count). The van der Waals surface area contributed by atoms with Gasteiger partial charge in [0, 0.05) is 22.0 Å². The maximum Gasteiger partial charge on any atom is 0.135 e. The van der Waals surface area contributed by atoms with Crippen LogP contribution in [0.25, 0.3) is 16.8 Å². The number of amidine groups is 1. The molecule has 0 saturated heterocycles. The molecule has 120 valence electrons. The molecule has 0 unspecified atom stereocenters. The fourth-order valence-corrected chi connectivity index (χ4v) is 3.58. The molecule has 0 radical (unpaired) electrons. The quantitative estimate of drug-likeness (QED) is 0.833. The minimum Gasteiger partial charge on any atom is -0.510 e. The summed E-state index contributed by atoms with van der Waals surface area (Å²) in [5.41, 5.74) is 2.35. The molecule has 0 amide bonds. The van der Waals surface area contributed by atoms with Gasteiger partial charge in [0.1, 0.15) is 16.6 Å². The molecule has 2 N–H and O–H groups in total. The van der Waals surface area contributed by atoms with Crippen molar-refractivity contribution >= 4 is 34.3 Å². The average molecular weight is 348 g/mol. The summed E-state index contributed by atoms with van der Waals surface area (Å²) in [4.78, 5) is 6.51. The lowest BCUT2D eigenvalue weighted by atomic mass is 10.2. The van der Waals surface area contributed by atoms with Gasteiger partial charge in [-0.05, 0) is 25.5 Å². The van der Waals surface area contributed by atoms with Gasteiger partial charge in [-0.2, -0.15) is 0 Å². The fourth-order valence-electron chi connectivity index (χ4n) is 2.56. The van der Waals surface area contributed by atoms with Crippen LogP contribution in [0.3, 0.4) is 0 Å². The minimum absolute atomic E-state index is 0.220. The summed E-state index contributed by atoms with van der Waals surface area (Å²) in [7, 11) is 0. The Kier molecular flexibility index (Phi) is 4.41. The van der Waals surface area contributed by atoms with E-state index in [0.717, 1.165) is 17.7 Å². The zero-order valence-electron chi connectivity index (χ0n) is 13.0. The van der Waals surface area contributed by atoms with Gasteiger partial charge in [-0.15, -0.1) is 11.3 Å². The summed E-state index contributed by atoms with van der Waals surface area (Å²) in [5, 5.41) is 22.0. The number of thiazole rings is 1. The van der Waals surface area contributed by atoms with Gasteiger partial charge in [0.25, 0.3) is 0 Å². The Bertz CT molecular complexity index is 766. The van der Waals surface area contributed by atoms with E-state index in [9.17, 15) is 5.11 Å². The van der Waals surface area contributed by atoms with Crippen molar-refractivity contribution in [3.05, 3.63) is 45.4 Å². The van der Waals surface area contributed by atoms with E-state index in [1.54, 1.807) is 0 Å². The number of nitrogens with one attached hydrogen (secondary N) is 1. The Labute approximate surface area is 144 Å². The first kappa shape index (κ1) is 16.0. The first-order valence-corrected chi connectivity index (χ1v) is 8.76. The summed E-state index contributed by atoms with van der Waals surface area (Å²) >= 11 is 7.36. The summed E-state index contributed by atoms with van der Waals surface area (Å²) in [5.74, 6) is 0.584. The number of hydrogen-bond donors (Lipinski definition) is 2. The topological polar surface area (TPSA) is 60.2 Å². The number of benzene rings is 1. The predicted molar refractivity (Wildman–Crippen MR) is 96.3 cm³/mol. The number of aliphatic hydroxyl groups excluding tert-OH is 1. The number of rotatable bonds is 4. The lowest BCUT2D eigenvalue weighted by molar-refractivity contribution is 0.301. The highest BCUT2D eigenvalue weighted by molar-refractivity contribution is 7.11. The predicted octanol–water partition coefficient (Wildman–Crippen LogP) is 4.82. The van der Waals surface area contributed by atoms with Gasteiger partial charge < -0.3 is 10.0 Å². The molecule has 0 spiro atoms. The average Bonchev–Trinajstić information content (AvgIpc) is 3.12. The van der Waals surface area contributed by atoms with Crippen LogP contribution in [0.4, 0.5) is 0 Å². The molecular formula is C17H18ClN3OS. The van der Waals surface area contributed by atoms with Gasteiger partial charge >= 0.3 is 0 Å². The molecule has 1 aromatic carbocycles. The zero-order chi connectivity index (χ0) is 16.6. The van der Waals surface area contributed by atoms with Crippen LogP contribution in [0.2, 0.25) is 5.02 Å². The van der Waals surface area contributed by atoms with Crippen molar-refractivity contribution in [1.82, 2.24) is 9.88 Å². The molecule has 6 heteroatoms. The highest BCUT2D eigenvalue weighted by Gasteiger charge is 2.32. The van der Waals surface area contributed by atoms with Crippen LogP contribution in [0.15, 0.2) is 35.4 Å². The summed E-state index contributed by atoms with van der Waals surface area (Å²) in [6.07, 6.45) is 0.927. The standard InChI is InChI=1S/C17H18ClN3OS/c1-3-10(2)21-8-14(22)15(16(21)19)17-20-13(9-23-17)11-4-6-12(18)7-5-11/h4-7,9-10,19,22H,3,8H2,1-2H3/t10-/m1/s1. The molecule has 1 aliphatic heterocycles. The van der Waals surface area contributed by atoms with Crippen molar-refractivity contribution in [2.24, 2.45) is 0 Å². The van der Waals surface area contributed by atoms with Gasteiger partial charge in [-0.25, -0.2) is 4.98 Å². The molecule has 0 saturated carbocycles. The molecule has 1 aromatic heterocycles. The lowest BCUT2D eigenvalue weighted by Crippen LogP contribution is -2.34. The molecule has 0 bridgehead atoms. The summed E-state index contributed by atoms with van der Waals surface area (Å²) in [6.45, 7) is 4.53. The van der Waals surface area contributed by atoms with E-state index in [1.807, 2.05) is 34.5 Å². The van der Waals surface area contributed by atoms with Crippen molar-refractivity contribution < 1.29 is 5.11 Å². The Morgan fingerprint density at radius 3 is 2.74 bits per heavy atom. The third-order valence-electron chi connectivity index (χ3n) is 4.11. The highest BCUT2D eigenvalue weighted by Crippen LogP contribution is 2.33. The SMILES string of the molecule is CC[C@@H](C)N1CC(O)=C(c2nc(-c3ccc(Cl)cc3)cs2)C1=N. The van der Waals surface area contributed by atoms with E-state index in [-0.39, 0.29) is 11.8 Å². The number of aliphatic hydroxyl groups is 1. The third-order valence-corrected chi connectivity index (χ3v) is 5.23. The number of halogens is 1. The van der Waals surface area contributed by atoms with Crippen LogP contribution in [0.1, 0.15) is 25.3 Å². The largest absolute Gasteiger partial charge is 0.510 e. The number of hydrogen-bond acceptors (Lipinski definition) is 4. The summed E-state index contributed by atoms with van der Waals surface area (Å²) < 4.78 is 0. The first-order chi connectivity index (χ1) is 11.0. The summed E-state index contributed by atoms with van der Waals surface area (Å²) in [6, 6.07) is 7.71. The third kappa shape index (κ3) is 2.99. The Morgan fingerprint density at radius 2 is 2.09 bits per heavy atom. The van der Waals surface area contributed by atoms with Crippen LogP contribution in [-0.2, 0) is 0 Å². The second kappa shape index (κ2) is 6.34. The smallest absolute Gasteiger partial charge is 0.135 e. The van der Waals surface area contributed by atoms with Crippen LogP contribution < -0.4 is 0 Å². The van der Waals surface area contributed by atoms with E-state index < -0.39 is 0 Å². The highest BCUT2D eigenvalue weighted by atomic mass is 35.5. The molecule has 2 heterocycles. The van der Waals surface area contributed by atoms with Crippen LogP contribution in [0, 0.1) is 5.41 Å². The zero-order valence-corrected chi connectivity index (χ0v) is 14.6. The number of nitrogens with zero attached hydrogens (tertiary/aromatic N) is 2. The van der Waals surface area contributed by atoms with Crippen LogP contribution in [0.5, 0.6) is 0 Å². The van der Waals surface area contributed by atoms with E-state index in [4.69, 9.17) is 17.0 Å². The second-order valence-electron chi connectivity index (χ2n) is 5.60. The monoisotopic (exact) mass is 347 g/mol. The van der Waals surface area contributed by atoms with Crippen LogP contribution in [-0.4, -0.2) is 33.4 Å². The van der Waals surface area contributed by atoms with Crippen molar-refractivity contribution in [2.75, 3.05) is 6.54 Å². The molecule has 1 atom stereocenters. The van der Waals surface area contributed by atoms with E-state index in [2.05, 4.69) is 18.8 Å². The van der Waals surface area contributed by atoms with Crippen molar-refractivity contribution in [3.8, 4) is 11.3 Å². The van der Waals surface area contributed by atoms with Crippen molar-refractivity contribution in [3.63, 3.8) is 0 Å². The van der Waals surface area contributed by atoms with Gasteiger partial charge in [-0.3, -0.25) is 5.41 Å². The normalized spacial score (nSPS) is 16.3. The van der Waals surface area contributed by atoms with Gasteiger partial charge in [0.15, 0.2) is 0 Å². The van der Waals surface area contributed by atoms with Crippen LogP contribution >= 0.6 is 22.9 Å². The van der Waals surface area contributed by atoms with Gasteiger partial charge in [0.05, 0.1) is 17.8 Å². The molecule has 1 aliphatic rings. The second-order valence-corrected chi connectivity index (χ2v) is 6.89. The Morgan fingerprint density at radius 1 is 1.39 bits per heavy atom. The molecule has 0 fully saturated rings. The van der Waals surface area contributed by atoms with E-state index >= 15 is 0 Å². The Balaban J connectivity index is 1.90. The maximum atomic E-state index is 10.3. The van der Waals surface area contributed by atoms with Crippen molar-refractivity contribution in [2.45, 2.75) is 26.3 Å². The first-order valence-electron chi connectivity index (χ1n) is 7.50. The number of aromatic nitrogens is 1. The maximum absolute atomic E-state index is 10.3. The van der Waals surface area contributed by atoms with E-state index in [1.165, 1.54) is 11.3 Å². The molecule has 2 aromatic rings. The van der Waals surface area contributed by atoms with Gasteiger partial charge in [-0.1, -0.05) is 30.7 Å².